The van der Waals surface area contributed by atoms with Gasteiger partial charge in [0.1, 0.15) is 0 Å². The second-order valence-electron chi connectivity index (χ2n) is 2.62. The molecule has 4 nitrogen and oxygen atoms in total. The second-order valence-corrected chi connectivity index (χ2v) is 3.54. The van der Waals surface area contributed by atoms with E-state index in [1.54, 1.807) is 24.0 Å². The molecule has 0 aliphatic carbocycles. The van der Waals surface area contributed by atoms with Gasteiger partial charge in [-0.1, -0.05) is 6.92 Å². The fourth-order valence-corrected chi connectivity index (χ4v) is 1.12. The van der Waals surface area contributed by atoms with Gasteiger partial charge in [-0.25, -0.2) is 0 Å². The molecule has 12 heavy (non-hydrogen) atoms. The lowest BCUT2D eigenvalue weighted by atomic mass is 10.2. The third-order valence-electron chi connectivity index (χ3n) is 1.48. The van der Waals surface area contributed by atoms with Crippen molar-refractivity contribution in [1.29, 1.82) is 0 Å². The third-order valence-corrected chi connectivity index (χ3v) is 1.89. The number of halogens is 1. The molecule has 0 aliphatic rings. The number of aliphatic carboxylic acids is 1. The van der Waals surface area contributed by atoms with E-state index in [1.165, 1.54) is 0 Å². The maximum atomic E-state index is 10.5. The molecule has 5 heteroatoms. The van der Waals surface area contributed by atoms with Crippen LogP contribution in [0.2, 0.25) is 0 Å². The predicted octanol–water partition coefficient (Wildman–Crippen LogP) is 1.37. The van der Waals surface area contributed by atoms with Crippen molar-refractivity contribution >= 4 is 21.9 Å². The Morgan fingerprint density at radius 1 is 1.92 bits per heavy atom. The van der Waals surface area contributed by atoms with E-state index < -0.39 is 11.9 Å². The van der Waals surface area contributed by atoms with Crippen LogP contribution in [0.4, 0.5) is 0 Å². The fraction of sp³-hybridized carbons (Fsp3) is 0.429. The number of carbonyl (C=O) groups is 1. The Labute approximate surface area is 78.3 Å². The Bertz CT molecular complexity index is 285. The first-order valence-corrected chi connectivity index (χ1v) is 4.29. The molecular weight excluding hydrogens is 224 g/mol. The Morgan fingerprint density at radius 3 is 3.00 bits per heavy atom. The predicted molar refractivity (Wildman–Crippen MR) is 46.7 cm³/mol. The van der Waals surface area contributed by atoms with Gasteiger partial charge >= 0.3 is 5.97 Å². The molecule has 1 aromatic heterocycles. The molecule has 1 rings (SSSR count). The minimum atomic E-state index is -0.804. The number of rotatable bonds is 3. The van der Waals surface area contributed by atoms with E-state index in [-0.39, 0.29) is 0 Å². The van der Waals surface area contributed by atoms with Crippen LogP contribution in [-0.2, 0) is 11.3 Å². The Morgan fingerprint density at radius 2 is 2.58 bits per heavy atom. The van der Waals surface area contributed by atoms with Gasteiger partial charge in [-0.3, -0.25) is 9.48 Å². The van der Waals surface area contributed by atoms with Crippen LogP contribution in [-0.4, -0.2) is 20.9 Å². The van der Waals surface area contributed by atoms with Crippen LogP contribution in [0.15, 0.2) is 16.9 Å². The summed E-state index contributed by atoms with van der Waals surface area (Å²) in [5.74, 6) is -1.21. The van der Waals surface area contributed by atoms with E-state index in [0.29, 0.717) is 6.54 Å². The van der Waals surface area contributed by atoms with Gasteiger partial charge in [-0.2, -0.15) is 5.10 Å². The molecule has 0 fully saturated rings. The molecule has 0 bridgehead atoms. The van der Waals surface area contributed by atoms with E-state index >= 15 is 0 Å². The largest absolute Gasteiger partial charge is 0.481 e. The molecule has 0 unspecified atom stereocenters. The SMILES string of the molecule is C[C@H](Cn1cc(Br)cn1)C(=O)O. The van der Waals surface area contributed by atoms with Gasteiger partial charge < -0.3 is 5.11 Å². The standard InChI is InChI=1S/C7H9BrN2O2/c1-5(7(11)12)3-10-4-6(8)2-9-10/h2,4-5H,3H2,1H3,(H,11,12)/t5-/m1/s1. The minimum absolute atomic E-state index is 0.404. The van der Waals surface area contributed by atoms with Crippen molar-refractivity contribution < 1.29 is 9.90 Å². The molecule has 1 N–H and O–H groups in total. The van der Waals surface area contributed by atoms with Crippen molar-refractivity contribution in [3.8, 4) is 0 Å². The van der Waals surface area contributed by atoms with Crippen molar-refractivity contribution in [2.75, 3.05) is 0 Å². The van der Waals surface area contributed by atoms with Crippen molar-refractivity contribution in [2.45, 2.75) is 13.5 Å². The number of carboxylic acids is 1. The van der Waals surface area contributed by atoms with Crippen LogP contribution in [0, 0.1) is 5.92 Å². The molecule has 0 radical (unpaired) electrons. The highest BCUT2D eigenvalue weighted by Crippen LogP contribution is 2.08. The Hall–Kier alpha value is -0.840. The average molecular weight is 233 g/mol. The highest BCUT2D eigenvalue weighted by Gasteiger charge is 2.11. The first kappa shape index (κ1) is 9.25. The average Bonchev–Trinajstić information content (AvgIpc) is 2.35. The smallest absolute Gasteiger partial charge is 0.308 e. The summed E-state index contributed by atoms with van der Waals surface area (Å²) in [7, 11) is 0. The highest BCUT2D eigenvalue weighted by atomic mass is 79.9. The third kappa shape index (κ3) is 2.34. The summed E-state index contributed by atoms with van der Waals surface area (Å²) in [6, 6.07) is 0. The van der Waals surface area contributed by atoms with E-state index in [0.717, 1.165) is 4.47 Å². The van der Waals surface area contributed by atoms with Crippen LogP contribution in [0.3, 0.4) is 0 Å². The molecule has 0 amide bonds. The van der Waals surface area contributed by atoms with E-state index in [2.05, 4.69) is 21.0 Å². The number of nitrogens with zero attached hydrogens (tertiary/aromatic N) is 2. The minimum Gasteiger partial charge on any atom is -0.481 e. The normalized spacial score (nSPS) is 12.8. The van der Waals surface area contributed by atoms with Gasteiger partial charge in [0.2, 0.25) is 0 Å². The number of hydrogen-bond donors (Lipinski definition) is 1. The van der Waals surface area contributed by atoms with E-state index in [9.17, 15) is 4.79 Å². The van der Waals surface area contributed by atoms with Gasteiger partial charge in [0.05, 0.1) is 23.1 Å². The molecule has 0 aromatic carbocycles. The maximum Gasteiger partial charge on any atom is 0.308 e. The maximum absolute atomic E-state index is 10.5. The highest BCUT2D eigenvalue weighted by molar-refractivity contribution is 9.10. The lowest BCUT2D eigenvalue weighted by Gasteiger charge is -2.04. The van der Waals surface area contributed by atoms with Crippen LogP contribution >= 0.6 is 15.9 Å². The zero-order valence-corrected chi connectivity index (χ0v) is 8.15. The van der Waals surface area contributed by atoms with Gasteiger partial charge in [0.25, 0.3) is 0 Å². The Kier molecular flexibility index (Phi) is 2.86. The van der Waals surface area contributed by atoms with Crippen molar-refractivity contribution in [1.82, 2.24) is 9.78 Å². The number of carboxylic acid groups (broad SMARTS) is 1. The Balaban J connectivity index is 2.58. The topological polar surface area (TPSA) is 55.1 Å². The van der Waals surface area contributed by atoms with Crippen molar-refractivity contribution in [2.24, 2.45) is 5.92 Å². The van der Waals surface area contributed by atoms with Crippen LogP contribution < -0.4 is 0 Å². The van der Waals surface area contributed by atoms with E-state index in [1.807, 2.05) is 0 Å². The number of hydrogen-bond acceptors (Lipinski definition) is 2. The summed E-state index contributed by atoms with van der Waals surface area (Å²) < 4.78 is 2.46. The summed E-state index contributed by atoms with van der Waals surface area (Å²) in [4.78, 5) is 10.5. The molecule has 66 valence electrons. The van der Waals surface area contributed by atoms with Crippen LogP contribution in [0.5, 0.6) is 0 Å². The van der Waals surface area contributed by atoms with Crippen molar-refractivity contribution in [3.05, 3.63) is 16.9 Å². The zero-order chi connectivity index (χ0) is 9.14. The first-order chi connectivity index (χ1) is 5.59. The van der Waals surface area contributed by atoms with Gasteiger partial charge in [-0.15, -0.1) is 0 Å². The van der Waals surface area contributed by atoms with Crippen LogP contribution in [0.1, 0.15) is 6.92 Å². The first-order valence-electron chi connectivity index (χ1n) is 3.50. The summed E-state index contributed by atoms with van der Waals surface area (Å²) in [5, 5.41) is 12.5. The summed E-state index contributed by atoms with van der Waals surface area (Å²) >= 11 is 3.23. The molecule has 0 saturated carbocycles. The molecule has 0 saturated heterocycles. The van der Waals surface area contributed by atoms with Crippen LogP contribution in [0.25, 0.3) is 0 Å². The summed E-state index contributed by atoms with van der Waals surface area (Å²) in [6.07, 6.45) is 3.38. The summed E-state index contributed by atoms with van der Waals surface area (Å²) in [5.41, 5.74) is 0. The van der Waals surface area contributed by atoms with Crippen molar-refractivity contribution in [3.63, 3.8) is 0 Å². The van der Waals surface area contributed by atoms with Gasteiger partial charge in [-0.05, 0) is 15.9 Å². The molecule has 1 atom stereocenters. The summed E-state index contributed by atoms with van der Waals surface area (Å²) in [6.45, 7) is 2.05. The molecule has 1 heterocycles. The number of aromatic nitrogens is 2. The van der Waals surface area contributed by atoms with Gasteiger partial charge in [0.15, 0.2) is 0 Å². The molecule has 0 spiro atoms. The second kappa shape index (κ2) is 3.71. The van der Waals surface area contributed by atoms with Gasteiger partial charge in [0, 0.05) is 6.20 Å². The monoisotopic (exact) mass is 232 g/mol. The van der Waals surface area contributed by atoms with E-state index in [4.69, 9.17) is 5.11 Å². The lowest BCUT2D eigenvalue weighted by Crippen LogP contribution is -2.16. The molecule has 0 aliphatic heterocycles. The zero-order valence-electron chi connectivity index (χ0n) is 6.57. The molecule has 1 aromatic rings. The molecular formula is C7H9BrN2O2. The lowest BCUT2D eigenvalue weighted by molar-refractivity contribution is -0.141. The quantitative estimate of drug-likeness (QED) is 0.857. The fourth-order valence-electron chi connectivity index (χ4n) is 0.797.